The van der Waals surface area contributed by atoms with E-state index in [9.17, 15) is 10.5 Å². The van der Waals surface area contributed by atoms with Crippen LogP contribution in [0.4, 0.5) is 34.1 Å². The second-order valence-electron chi connectivity index (χ2n) is 18.3. The van der Waals surface area contributed by atoms with Crippen LogP contribution in [0, 0.1) is 22.7 Å². The normalized spacial score (nSPS) is 16.6. The molecule has 4 aromatic carbocycles. The van der Waals surface area contributed by atoms with Crippen LogP contribution < -0.4 is 9.80 Å². The fourth-order valence-corrected chi connectivity index (χ4v) is 10.7. The molecular weight excluding hydrogens is 689 g/mol. The minimum Gasteiger partial charge on any atom is -0.302 e. The van der Waals surface area contributed by atoms with E-state index >= 15 is 16.8 Å². The van der Waals surface area contributed by atoms with Gasteiger partial charge in [-0.15, -0.1) is 0 Å². The zero-order chi connectivity index (χ0) is 38.5. The molecule has 0 saturated carbocycles. The SMILES string of the molecule is CC(C)(C)c1cc(C#N)c2c(c1)S(=O)(=O)c1cc(C(C)(C)C)cc3c1N2c1cc(C(C)(C)C)cc2c1N3c1c(C#N)cc(C(C)(C)C)cc1S2(=O)=O. The van der Waals surface area contributed by atoms with E-state index in [1.807, 2.05) is 95.2 Å². The van der Waals surface area contributed by atoms with Gasteiger partial charge >= 0.3 is 0 Å². The Kier molecular flexibility index (Phi) is 7.21. The number of nitriles is 2. The highest BCUT2D eigenvalue weighted by molar-refractivity contribution is 7.92. The maximum Gasteiger partial charge on any atom is 0.210 e. The number of rotatable bonds is 0. The second kappa shape index (κ2) is 10.5. The Morgan fingerprint density at radius 3 is 0.923 bits per heavy atom. The molecule has 0 atom stereocenters. The smallest absolute Gasteiger partial charge is 0.210 e. The molecule has 268 valence electrons. The van der Waals surface area contributed by atoms with E-state index in [4.69, 9.17) is 0 Å². The van der Waals surface area contributed by atoms with Gasteiger partial charge in [-0.25, -0.2) is 16.8 Å². The lowest BCUT2D eigenvalue weighted by molar-refractivity contribution is 0.575. The number of sulfone groups is 2. The molecule has 10 heteroatoms. The molecule has 0 aliphatic carbocycles. The molecule has 0 radical (unpaired) electrons. The van der Waals surface area contributed by atoms with Gasteiger partial charge in [0.05, 0.1) is 64.8 Å². The Balaban J connectivity index is 1.77. The zero-order valence-corrected chi connectivity index (χ0v) is 33.5. The van der Waals surface area contributed by atoms with Crippen LogP contribution in [0.25, 0.3) is 0 Å². The summed E-state index contributed by atoms with van der Waals surface area (Å²) in [7, 11) is -8.48. The highest BCUT2D eigenvalue weighted by atomic mass is 32.2. The highest BCUT2D eigenvalue weighted by Gasteiger charge is 2.50. The highest BCUT2D eigenvalue weighted by Crippen LogP contribution is 2.66. The van der Waals surface area contributed by atoms with Crippen molar-refractivity contribution in [2.75, 3.05) is 9.80 Å². The Labute approximate surface area is 308 Å². The maximum atomic E-state index is 15.1. The minimum atomic E-state index is -4.24. The summed E-state index contributed by atoms with van der Waals surface area (Å²) in [4.78, 5) is 3.70. The second-order valence-corrected chi connectivity index (χ2v) is 22.1. The molecule has 0 aromatic heterocycles. The van der Waals surface area contributed by atoms with Crippen LogP contribution in [0.5, 0.6) is 0 Å². The van der Waals surface area contributed by atoms with Gasteiger partial charge in [0.1, 0.15) is 12.1 Å². The number of hydrogen-bond donors (Lipinski definition) is 0. The monoisotopic (exact) mass is 732 g/mol. The van der Waals surface area contributed by atoms with Crippen LogP contribution in [-0.2, 0) is 41.3 Å². The van der Waals surface area contributed by atoms with E-state index in [1.165, 1.54) is 0 Å². The van der Waals surface area contributed by atoms with E-state index in [0.717, 1.165) is 11.1 Å². The quantitative estimate of drug-likeness (QED) is 0.151. The predicted octanol–water partition coefficient (Wildman–Crippen LogP) is 10.2. The largest absolute Gasteiger partial charge is 0.302 e. The molecule has 3 aliphatic heterocycles. The first-order valence-electron chi connectivity index (χ1n) is 17.4. The Morgan fingerprint density at radius 1 is 0.423 bits per heavy atom. The summed E-state index contributed by atoms with van der Waals surface area (Å²) in [6, 6.07) is 18.7. The summed E-state index contributed by atoms with van der Waals surface area (Å²) in [5.74, 6) is 0. The van der Waals surface area contributed by atoms with Gasteiger partial charge in [-0.1, -0.05) is 83.1 Å². The van der Waals surface area contributed by atoms with Gasteiger partial charge in [0.25, 0.3) is 0 Å². The third-order valence-electron chi connectivity index (χ3n) is 10.5. The van der Waals surface area contributed by atoms with Gasteiger partial charge in [0, 0.05) is 0 Å². The number of nitrogens with zero attached hydrogens (tertiary/aromatic N) is 4. The molecule has 0 fully saturated rings. The van der Waals surface area contributed by atoms with Crippen LogP contribution >= 0.6 is 0 Å². The van der Waals surface area contributed by atoms with Gasteiger partial charge < -0.3 is 9.80 Å². The Bertz CT molecular complexity index is 2430. The summed E-state index contributed by atoms with van der Waals surface area (Å²) in [5.41, 5.74) is 3.02. The van der Waals surface area contributed by atoms with Crippen molar-refractivity contribution in [3.8, 4) is 12.1 Å². The first-order valence-corrected chi connectivity index (χ1v) is 20.4. The van der Waals surface area contributed by atoms with Gasteiger partial charge in [-0.3, -0.25) is 0 Å². The number of hydrogen-bond acceptors (Lipinski definition) is 8. The molecule has 3 aliphatic rings. The lowest BCUT2D eigenvalue weighted by atomic mass is 9.83. The van der Waals surface area contributed by atoms with Crippen LogP contribution in [0.3, 0.4) is 0 Å². The molecular formula is C42H44N4O4S2. The van der Waals surface area contributed by atoms with Crippen LogP contribution in [-0.4, -0.2) is 16.8 Å². The third-order valence-corrected chi connectivity index (χ3v) is 14.1. The van der Waals surface area contributed by atoms with E-state index in [1.54, 1.807) is 46.2 Å². The average molecular weight is 733 g/mol. The van der Waals surface area contributed by atoms with Crippen molar-refractivity contribution in [3.63, 3.8) is 0 Å². The van der Waals surface area contributed by atoms with Crippen molar-refractivity contribution in [1.29, 1.82) is 10.5 Å². The van der Waals surface area contributed by atoms with Gasteiger partial charge in [0.15, 0.2) is 0 Å². The summed E-state index contributed by atoms with van der Waals surface area (Å²) < 4.78 is 60.4. The zero-order valence-electron chi connectivity index (χ0n) is 31.9. The van der Waals surface area contributed by atoms with Gasteiger partial charge in [-0.05, 0) is 92.4 Å². The molecule has 7 rings (SSSR count). The Hall–Kier alpha value is -4.64. The Morgan fingerprint density at radius 2 is 0.673 bits per heavy atom. The lowest BCUT2D eigenvalue weighted by Gasteiger charge is -2.47. The van der Waals surface area contributed by atoms with Crippen LogP contribution in [0.1, 0.15) is 116 Å². The van der Waals surface area contributed by atoms with Crippen molar-refractivity contribution < 1.29 is 16.8 Å². The average Bonchev–Trinajstić information content (AvgIpc) is 3.02. The van der Waals surface area contributed by atoms with E-state index < -0.39 is 41.3 Å². The molecule has 0 unspecified atom stereocenters. The lowest BCUT2D eigenvalue weighted by Crippen LogP contribution is -2.35. The van der Waals surface area contributed by atoms with Crippen LogP contribution in [0.2, 0.25) is 0 Å². The van der Waals surface area contributed by atoms with E-state index in [-0.39, 0.29) is 42.1 Å². The van der Waals surface area contributed by atoms with Crippen LogP contribution in [0.15, 0.2) is 68.1 Å². The van der Waals surface area contributed by atoms with E-state index in [2.05, 4.69) is 12.1 Å². The molecule has 0 saturated heterocycles. The molecule has 0 N–H and O–H groups in total. The standard InChI is InChI=1S/C42H44N4O4S2/c1-39(2,3)25-13-23(21-43)35-31(17-25)51(47,48)33-19-27(41(7,8)9)16-30-37(33)45(35)29-15-28(42(10,11)12)20-34-38(29)46(30)36-24(22-44)14-26(40(4,5)6)18-32(36)52(34,49)50/h13-20H,1-12H3. The molecule has 0 amide bonds. The summed E-state index contributed by atoms with van der Waals surface area (Å²) >= 11 is 0. The molecule has 8 nitrogen and oxygen atoms in total. The van der Waals surface area contributed by atoms with E-state index in [0.29, 0.717) is 33.9 Å². The van der Waals surface area contributed by atoms with Gasteiger partial charge in [0.2, 0.25) is 19.7 Å². The van der Waals surface area contributed by atoms with Crippen molar-refractivity contribution >= 4 is 53.8 Å². The number of anilines is 6. The summed E-state index contributed by atoms with van der Waals surface area (Å²) in [5, 5.41) is 21.4. The fourth-order valence-electron chi connectivity index (χ4n) is 7.32. The molecule has 4 aromatic rings. The number of benzene rings is 4. The third kappa shape index (κ3) is 4.87. The summed E-state index contributed by atoms with van der Waals surface area (Å²) in [6.07, 6.45) is 0. The van der Waals surface area contributed by atoms with Crippen molar-refractivity contribution in [2.45, 2.75) is 124 Å². The van der Waals surface area contributed by atoms with Crippen molar-refractivity contribution in [3.05, 3.63) is 81.9 Å². The van der Waals surface area contributed by atoms with Crippen molar-refractivity contribution in [2.24, 2.45) is 0 Å². The van der Waals surface area contributed by atoms with Crippen molar-refractivity contribution in [1.82, 2.24) is 0 Å². The molecule has 52 heavy (non-hydrogen) atoms. The number of fused-ring (bicyclic) bond motifs is 6. The molecule has 0 bridgehead atoms. The molecule has 0 spiro atoms. The summed E-state index contributed by atoms with van der Waals surface area (Å²) in [6.45, 7) is 23.8. The first kappa shape index (κ1) is 35.7. The minimum absolute atomic E-state index is 0.00375. The fraction of sp³-hybridized carbons (Fsp3) is 0.381. The maximum absolute atomic E-state index is 15.1. The van der Waals surface area contributed by atoms with Gasteiger partial charge in [-0.2, -0.15) is 10.5 Å². The first-order chi connectivity index (χ1) is 23.7. The topological polar surface area (TPSA) is 122 Å². The predicted molar refractivity (Wildman–Crippen MR) is 204 cm³/mol. The molecule has 3 heterocycles.